The predicted molar refractivity (Wildman–Crippen MR) is 102 cm³/mol. The van der Waals surface area contributed by atoms with Crippen molar-refractivity contribution in [2.24, 2.45) is 0 Å². The lowest BCUT2D eigenvalue weighted by molar-refractivity contribution is 0.0171. The van der Waals surface area contributed by atoms with Gasteiger partial charge in [0.05, 0.1) is 25.6 Å². The molecular formula is C19H25N5O3. The Labute approximate surface area is 157 Å². The van der Waals surface area contributed by atoms with Gasteiger partial charge < -0.3 is 19.6 Å². The highest BCUT2D eigenvalue weighted by molar-refractivity contribution is 5.63. The van der Waals surface area contributed by atoms with Crippen LogP contribution in [-0.4, -0.2) is 70.1 Å². The zero-order valence-corrected chi connectivity index (χ0v) is 15.7. The van der Waals surface area contributed by atoms with Crippen molar-refractivity contribution >= 4 is 11.5 Å². The molecule has 0 spiro atoms. The molecule has 0 unspecified atom stereocenters. The number of aromatic nitrogens is 3. The van der Waals surface area contributed by atoms with E-state index in [1.807, 2.05) is 32.0 Å². The SMILES string of the molecule is Cc1nc2cc(-c3ccco3)nn2c(NC[C@@H](O)CN2CCOCC2)c1C. The van der Waals surface area contributed by atoms with Crippen LogP contribution >= 0.6 is 0 Å². The maximum atomic E-state index is 10.4. The molecule has 1 aliphatic rings. The molecule has 3 aromatic rings. The van der Waals surface area contributed by atoms with Crippen LogP contribution in [0.4, 0.5) is 5.82 Å². The number of rotatable bonds is 6. The van der Waals surface area contributed by atoms with Crippen molar-refractivity contribution in [1.29, 1.82) is 0 Å². The van der Waals surface area contributed by atoms with Crippen molar-refractivity contribution in [3.05, 3.63) is 35.7 Å². The van der Waals surface area contributed by atoms with Crippen LogP contribution in [0.2, 0.25) is 0 Å². The summed E-state index contributed by atoms with van der Waals surface area (Å²) in [4.78, 5) is 6.84. The first-order chi connectivity index (χ1) is 13.1. The number of nitrogens with zero attached hydrogens (tertiary/aromatic N) is 4. The van der Waals surface area contributed by atoms with E-state index >= 15 is 0 Å². The van der Waals surface area contributed by atoms with Crippen molar-refractivity contribution in [3.8, 4) is 11.5 Å². The largest absolute Gasteiger partial charge is 0.463 e. The normalized spacial score (nSPS) is 16.7. The Kier molecular flexibility index (Phi) is 5.11. The topological polar surface area (TPSA) is 88.1 Å². The lowest BCUT2D eigenvalue weighted by Gasteiger charge is -2.28. The predicted octanol–water partition coefficient (Wildman–Crippen LogP) is 1.71. The Hall–Kier alpha value is -2.42. The molecular weight excluding hydrogens is 346 g/mol. The quantitative estimate of drug-likeness (QED) is 0.682. The summed E-state index contributed by atoms with van der Waals surface area (Å²) < 4.78 is 12.6. The lowest BCUT2D eigenvalue weighted by Crippen LogP contribution is -2.42. The zero-order valence-electron chi connectivity index (χ0n) is 15.7. The summed E-state index contributed by atoms with van der Waals surface area (Å²) in [5.74, 6) is 1.55. The number of aliphatic hydroxyl groups excluding tert-OH is 1. The van der Waals surface area contributed by atoms with E-state index in [9.17, 15) is 5.11 Å². The van der Waals surface area contributed by atoms with Crippen molar-refractivity contribution in [2.75, 3.05) is 44.7 Å². The Morgan fingerprint density at radius 3 is 2.85 bits per heavy atom. The number of β-amino-alcohol motifs (C(OH)–C–C–N with tert-alkyl or cyclic N) is 1. The number of anilines is 1. The molecule has 0 radical (unpaired) electrons. The summed E-state index contributed by atoms with van der Waals surface area (Å²) in [6, 6.07) is 5.62. The molecule has 27 heavy (non-hydrogen) atoms. The van der Waals surface area contributed by atoms with Gasteiger partial charge >= 0.3 is 0 Å². The molecule has 1 atom stereocenters. The first-order valence-electron chi connectivity index (χ1n) is 9.24. The van der Waals surface area contributed by atoms with Gasteiger partial charge in [0.25, 0.3) is 0 Å². The summed E-state index contributed by atoms with van der Waals surface area (Å²) >= 11 is 0. The number of furan rings is 1. The van der Waals surface area contributed by atoms with E-state index in [2.05, 4.69) is 20.3 Å². The van der Waals surface area contributed by atoms with Crippen LogP contribution in [0, 0.1) is 13.8 Å². The second-order valence-electron chi connectivity index (χ2n) is 6.90. The lowest BCUT2D eigenvalue weighted by atomic mass is 10.2. The minimum absolute atomic E-state index is 0.437. The Morgan fingerprint density at radius 1 is 1.30 bits per heavy atom. The van der Waals surface area contributed by atoms with Crippen LogP contribution in [0.15, 0.2) is 28.9 Å². The van der Waals surface area contributed by atoms with Gasteiger partial charge in [0.15, 0.2) is 11.4 Å². The molecule has 4 rings (SSSR count). The van der Waals surface area contributed by atoms with E-state index in [0.717, 1.165) is 54.7 Å². The van der Waals surface area contributed by atoms with Gasteiger partial charge in [0, 0.05) is 43.5 Å². The highest BCUT2D eigenvalue weighted by Gasteiger charge is 2.18. The smallest absolute Gasteiger partial charge is 0.158 e. The number of ether oxygens (including phenoxy) is 1. The molecule has 0 aliphatic carbocycles. The fraction of sp³-hybridized carbons (Fsp3) is 0.474. The van der Waals surface area contributed by atoms with E-state index in [1.165, 1.54) is 0 Å². The molecule has 144 valence electrons. The maximum Gasteiger partial charge on any atom is 0.158 e. The number of hydrogen-bond donors (Lipinski definition) is 2. The van der Waals surface area contributed by atoms with E-state index < -0.39 is 6.10 Å². The Morgan fingerprint density at radius 2 is 2.11 bits per heavy atom. The van der Waals surface area contributed by atoms with Gasteiger partial charge in [0.1, 0.15) is 11.5 Å². The minimum atomic E-state index is -0.480. The highest BCUT2D eigenvalue weighted by atomic mass is 16.5. The number of aliphatic hydroxyl groups is 1. The molecule has 8 heteroatoms. The van der Waals surface area contributed by atoms with Gasteiger partial charge in [-0.3, -0.25) is 4.90 Å². The molecule has 0 saturated carbocycles. The van der Waals surface area contributed by atoms with Gasteiger partial charge in [0.2, 0.25) is 0 Å². The van der Waals surface area contributed by atoms with Crippen LogP contribution in [0.25, 0.3) is 17.1 Å². The summed E-state index contributed by atoms with van der Waals surface area (Å²) in [6.45, 7) is 8.22. The third kappa shape index (κ3) is 3.83. The molecule has 1 aliphatic heterocycles. The molecule has 1 fully saturated rings. The fourth-order valence-corrected chi connectivity index (χ4v) is 3.31. The summed E-state index contributed by atoms with van der Waals surface area (Å²) in [5.41, 5.74) is 3.41. The first kappa shape index (κ1) is 18.0. The van der Waals surface area contributed by atoms with Crippen molar-refractivity contribution in [3.63, 3.8) is 0 Å². The number of morpholine rings is 1. The molecule has 1 saturated heterocycles. The molecule has 0 bridgehead atoms. The van der Waals surface area contributed by atoms with Gasteiger partial charge in [-0.05, 0) is 26.0 Å². The van der Waals surface area contributed by atoms with Gasteiger partial charge in [-0.15, -0.1) is 0 Å². The number of aryl methyl sites for hydroxylation is 1. The van der Waals surface area contributed by atoms with Crippen LogP contribution in [0.1, 0.15) is 11.3 Å². The van der Waals surface area contributed by atoms with Crippen LogP contribution in [0.3, 0.4) is 0 Å². The fourth-order valence-electron chi connectivity index (χ4n) is 3.31. The van der Waals surface area contributed by atoms with E-state index in [1.54, 1.807) is 10.8 Å². The van der Waals surface area contributed by atoms with Gasteiger partial charge in [-0.1, -0.05) is 0 Å². The Balaban J connectivity index is 1.53. The molecule has 2 N–H and O–H groups in total. The average molecular weight is 371 g/mol. The molecule has 0 aromatic carbocycles. The van der Waals surface area contributed by atoms with Gasteiger partial charge in [-0.25, -0.2) is 4.98 Å². The number of nitrogens with one attached hydrogen (secondary N) is 1. The molecule has 4 heterocycles. The van der Waals surface area contributed by atoms with E-state index in [0.29, 0.717) is 18.8 Å². The second kappa shape index (κ2) is 7.67. The summed E-state index contributed by atoms with van der Waals surface area (Å²) in [7, 11) is 0. The van der Waals surface area contributed by atoms with Crippen molar-refractivity contribution in [2.45, 2.75) is 20.0 Å². The monoisotopic (exact) mass is 371 g/mol. The second-order valence-corrected chi connectivity index (χ2v) is 6.90. The number of fused-ring (bicyclic) bond motifs is 1. The van der Waals surface area contributed by atoms with E-state index in [4.69, 9.17) is 9.15 Å². The van der Waals surface area contributed by atoms with Crippen molar-refractivity contribution in [1.82, 2.24) is 19.5 Å². The Bertz CT molecular complexity index is 900. The van der Waals surface area contributed by atoms with Crippen LogP contribution in [-0.2, 0) is 4.74 Å². The molecule has 0 amide bonds. The highest BCUT2D eigenvalue weighted by Crippen LogP contribution is 2.24. The maximum absolute atomic E-state index is 10.4. The van der Waals surface area contributed by atoms with Crippen LogP contribution < -0.4 is 5.32 Å². The first-order valence-corrected chi connectivity index (χ1v) is 9.24. The van der Waals surface area contributed by atoms with Crippen LogP contribution in [0.5, 0.6) is 0 Å². The van der Waals surface area contributed by atoms with Gasteiger partial charge in [-0.2, -0.15) is 9.61 Å². The zero-order chi connectivity index (χ0) is 18.8. The van der Waals surface area contributed by atoms with E-state index in [-0.39, 0.29) is 0 Å². The van der Waals surface area contributed by atoms with Crippen molar-refractivity contribution < 1.29 is 14.3 Å². The molecule has 3 aromatic heterocycles. The molecule has 8 nitrogen and oxygen atoms in total. The third-order valence-electron chi connectivity index (χ3n) is 4.93. The summed E-state index contributed by atoms with van der Waals surface area (Å²) in [5, 5.41) is 18.5. The standard InChI is InChI=1S/C19H25N5O3/c1-13-14(2)21-18-10-16(17-4-3-7-27-17)22-24(18)19(13)20-11-15(25)12-23-5-8-26-9-6-23/h3-4,7,10,15,20,25H,5-6,8-9,11-12H2,1-2H3/t15-/m1/s1. The average Bonchev–Trinajstić information content (AvgIpc) is 3.32. The minimum Gasteiger partial charge on any atom is -0.463 e. The number of hydrogen-bond acceptors (Lipinski definition) is 7. The summed E-state index contributed by atoms with van der Waals surface area (Å²) in [6.07, 6.45) is 1.15. The third-order valence-corrected chi connectivity index (χ3v) is 4.93.